The van der Waals surface area contributed by atoms with Crippen molar-refractivity contribution in [2.75, 3.05) is 0 Å². The van der Waals surface area contributed by atoms with Crippen molar-refractivity contribution in [3.8, 4) is 56.5 Å². The van der Waals surface area contributed by atoms with Crippen molar-refractivity contribution in [1.29, 1.82) is 5.26 Å². The SMILES string of the molecule is N#Cc1ccc(-n2c3ccccc3c3ccccc32)cc1-c1ccc([Si](c2ccccc2)(c2ccccc2)c2ccccc2)cc1.[C-]#[N+]c1ccc([Si](c2ccccc2)(c2ccccc2)c2ccccc2)c(-c2ccc(-n3c4ccccc4c4ccccc43)cc2)c1.[C-]#[N+]c1ccc([Si](c2ccccc2)(c2ccccc2)c2ccccc2)cc1-c1ccc(-n2c3ccccc3c3ccccc32)cc1. The van der Waals surface area contributed by atoms with Crippen molar-refractivity contribution < 1.29 is 0 Å². The highest BCUT2D eigenvalue weighted by molar-refractivity contribution is 7.21. The second-order valence-electron chi connectivity index (χ2n) is 34.9. The molecule has 3 heterocycles. The second-order valence-corrected chi connectivity index (χ2v) is 46.2. The van der Waals surface area contributed by atoms with Gasteiger partial charge in [0.1, 0.15) is 0 Å². The number of nitriles is 1. The summed E-state index contributed by atoms with van der Waals surface area (Å²) in [5.74, 6) is 0. The third-order valence-electron chi connectivity index (χ3n) is 27.6. The number of aromatic nitrogens is 3. The van der Waals surface area contributed by atoms with Gasteiger partial charge in [0.05, 0.1) is 57.9 Å². The molecule has 0 aliphatic carbocycles. The molecule has 24 rings (SSSR count). The van der Waals surface area contributed by atoms with Crippen LogP contribution < -0.4 is 62.2 Å². The van der Waals surface area contributed by atoms with Gasteiger partial charge in [-0.05, 0) is 175 Å². The van der Waals surface area contributed by atoms with Crippen LogP contribution in [0.3, 0.4) is 0 Å². The normalized spacial score (nSPS) is 11.5. The molecule has 21 aromatic carbocycles. The Hall–Kier alpha value is -17.9. The summed E-state index contributed by atoms with van der Waals surface area (Å²) in [7, 11) is -8.16. The van der Waals surface area contributed by atoms with Gasteiger partial charge < -0.3 is 13.7 Å². The van der Waals surface area contributed by atoms with Gasteiger partial charge in [-0.25, -0.2) is 9.69 Å². The molecule has 0 unspecified atom stereocenters. The number of rotatable bonds is 18. The smallest absolute Gasteiger partial charge is 0.194 e. The van der Waals surface area contributed by atoms with E-state index in [4.69, 9.17) is 13.1 Å². The lowest BCUT2D eigenvalue weighted by atomic mass is 9.99. The quantitative estimate of drug-likeness (QED) is 0.0480. The van der Waals surface area contributed by atoms with Crippen LogP contribution in [-0.4, -0.2) is 37.9 Å². The van der Waals surface area contributed by atoms with E-state index in [1.807, 2.05) is 18.2 Å². The van der Waals surface area contributed by atoms with E-state index in [-0.39, 0.29) is 0 Å². The highest BCUT2D eigenvalue weighted by Crippen LogP contribution is 2.40. The predicted octanol–water partition coefficient (Wildman–Crippen LogP) is 24.5. The van der Waals surface area contributed by atoms with Crippen molar-refractivity contribution >= 4 is 163 Å². The lowest BCUT2D eigenvalue weighted by molar-refractivity contribution is 1.18. The van der Waals surface area contributed by atoms with Crippen molar-refractivity contribution in [3.05, 3.63) is 574 Å². The molecule has 6 nitrogen and oxygen atoms in total. The van der Waals surface area contributed by atoms with Crippen molar-refractivity contribution in [2.45, 2.75) is 0 Å². The average molecular weight is 1810 g/mol. The molecule has 0 aliphatic rings. The monoisotopic (exact) mass is 1810 g/mol. The van der Waals surface area contributed by atoms with E-state index >= 15 is 0 Å². The van der Waals surface area contributed by atoms with Crippen LogP contribution in [-0.2, 0) is 0 Å². The van der Waals surface area contributed by atoms with Gasteiger partial charge in [-0.15, -0.1) is 0 Å². The zero-order chi connectivity index (χ0) is 92.8. The van der Waals surface area contributed by atoms with Crippen molar-refractivity contribution in [3.63, 3.8) is 0 Å². The highest BCUT2D eigenvalue weighted by atomic mass is 28.3. The first-order chi connectivity index (χ1) is 68.4. The summed E-state index contributed by atoms with van der Waals surface area (Å²) in [5.41, 5.74) is 18.4. The van der Waals surface area contributed by atoms with Crippen LogP contribution >= 0.6 is 0 Å². The van der Waals surface area contributed by atoms with Gasteiger partial charge in [0.25, 0.3) is 0 Å². The average Bonchev–Trinajstić information content (AvgIpc) is 1.05. The Labute approximate surface area is 807 Å². The van der Waals surface area contributed by atoms with Crippen molar-refractivity contribution in [2.24, 2.45) is 0 Å². The van der Waals surface area contributed by atoms with E-state index in [9.17, 15) is 5.26 Å². The van der Waals surface area contributed by atoms with E-state index in [0.717, 1.165) is 61.5 Å². The minimum atomic E-state index is -2.81. The van der Waals surface area contributed by atoms with Crippen LogP contribution in [0.25, 0.3) is 126 Å². The standard InChI is InChI=1S/3C43H30N2Si/c1-44-33-27-30-43(46(35-15-5-2-6-16-35,36-17-7-3-8-18-36)37-19-9-4-10-20-37)40(31-33)32-25-28-34(29-26-32)45-41-23-13-11-21-38(41)39-22-12-14-24-42(39)45;1-44-41-30-29-37(46(34-15-5-2-6-16-34,35-17-7-3-8-18-35)36-19-9-4-10-20-36)31-40(41)32-25-27-33(28-26-32)45-42-23-13-11-21-38(42)39-22-12-14-24-43(39)45;44-31-33-24-27-34(45-42-22-12-10-20-39(42)40-21-11-13-23-43(40)45)30-41(33)32-25-28-38(29-26-32)46(35-14-4-1-5-15-35,36-16-6-2-7-17-36)37-18-8-3-9-19-37/h2*2-31H;1-30H. The fourth-order valence-electron chi connectivity index (χ4n) is 21.5. The largest absolute Gasteiger partial charge is 0.309 e. The minimum absolute atomic E-state index is 0.641. The lowest BCUT2D eigenvalue weighted by Gasteiger charge is -2.36. The summed E-state index contributed by atoms with van der Waals surface area (Å²) in [5, 5.41) is 33.4. The third kappa shape index (κ3) is 15.1. The van der Waals surface area contributed by atoms with Crippen LogP contribution in [0.2, 0.25) is 0 Å². The van der Waals surface area contributed by atoms with Gasteiger partial charge in [-0.3, -0.25) is 0 Å². The zero-order valence-electron chi connectivity index (χ0n) is 75.6. The maximum atomic E-state index is 10.2. The molecule has 0 bridgehead atoms. The molecule has 0 N–H and O–H groups in total. The number of hydrogen-bond acceptors (Lipinski definition) is 1. The summed E-state index contributed by atoms with van der Waals surface area (Å²) in [6.07, 6.45) is 0. The summed E-state index contributed by atoms with van der Waals surface area (Å²) >= 11 is 0. The highest BCUT2D eigenvalue weighted by Gasteiger charge is 2.45. The van der Waals surface area contributed by atoms with E-state index < -0.39 is 24.2 Å². The molecular weight excluding hydrogens is 1720 g/mol. The van der Waals surface area contributed by atoms with Gasteiger partial charge in [0.15, 0.2) is 35.6 Å². The molecule has 0 aliphatic heterocycles. The molecule has 3 aromatic heterocycles. The second kappa shape index (κ2) is 37.7. The summed E-state index contributed by atoms with van der Waals surface area (Å²) in [6, 6.07) is 198. The summed E-state index contributed by atoms with van der Waals surface area (Å²) in [4.78, 5) is 7.89. The minimum Gasteiger partial charge on any atom is -0.309 e. The fourth-order valence-corrected chi connectivity index (χ4v) is 36.0. The first-order valence-corrected chi connectivity index (χ1v) is 52.7. The Kier molecular flexibility index (Phi) is 23.4. The third-order valence-corrected chi connectivity index (χ3v) is 42.0. The molecule has 138 heavy (non-hydrogen) atoms. The van der Waals surface area contributed by atoms with Crippen LogP contribution in [0.5, 0.6) is 0 Å². The molecule has 0 spiro atoms. The molecule has 648 valence electrons. The Balaban J connectivity index is 0.000000119. The molecule has 0 saturated carbocycles. The number of benzene rings is 21. The van der Waals surface area contributed by atoms with Crippen molar-refractivity contribution in [1.82, 2.24) is 13.7 Å². The summed E-state index contributed by atoms with van der Waals surface area (Å²) < 4.78 is 6.99. The predicted molar refractivity (Wildman–Crippen MR) is 587 cm³/mol. The van der Waals surface area contributed by atoms with E-state index in [2.05, 4.69) is 557 Å². The number of fused-ring (bicyclic) bond motifs is 9. The molecule has 9 heteroatoms. The number of nitrogens with zero attached hydrogens (tertiary/aromatic N) is 6. The Morgan fingerprint density at radius 3 is 0.761 bits per heavy atom. The van der Waals surface area contributed by atoms with Crippen LogP contribution in [0.4, 0.5) is 11.4 Å². The molecular formula is C129H90N6Si3. The van der Waals surface area contributed by atoms with Crippen LogP contribution in [0.1, 0.15) is 5.56 Å². The van der Waals surface area contributed by atoms with Gasteiger partial charge in [0.2, 0.25) is 0 Å². The Morgan fingerprint density at radius 2 is 0.449 bits per heavy atom. The molecule has 0 fully saturated rings. The van der Waals surface area contributed by atoms with Crippen LogP contribution in [0.15, 0.2) is 546 Å². The van der Waals surface area contributed by atoms with Gasteiger partial charge >= 0.3 is 0 Å². The number of hydrogen-bond donors (Lipinski definition) is 0. The van der Waals surface area contributed by atoms with E-state index in [1.165, 1.54) is 117 Å². The summed E-state index contributed by atoms with van der Waals surface area (Å²) in [6.45, 7) is 16.1. The Morgan fingerprint density at radius 1 is 0.196 bits per heavy atom. The molecule has 0 amide bonds. The first kappa shape index (κ1) is 85.6. The first-order valence-electron chi connectivity index (χ1n) is 46.7. The molecule has 24 aromatic rings. The fraction of sp³-hybridized carbons (Fsp3) is 0. The number of para-hydroxylation sites is 6. The maximum Gasteiger partial charge on any atom is 0.194 e. The Bertz CT molecular complexity index is 8230. The van der Waals surface area contributed by atoms with E-state index in [0.29, 0.717) is 16.9 Å². The van der Waals surface area contributed by atoms with Gasteiger partial charge in [-0.1, -0.05) is 461 Å². The zero-order valence-corrected chi connectivity index (χ0v) is 78.6. The molecule has 0 radical (unpaired) electrons. The van der Waals surface area contributed by atoms with E-state index in [1.54, 1.807) is 0 Å². The molecule has 0 atom stereocenters. The van der Waals surface area contributed by atoms with Gasteiger partial charge in [0, 0.05) is 54.9 Å². The maximum absolute atomic E-state index is 10.2. The van der Waals surface area contributed by atoms with Crippen LogP contribution in [0, 0.1) is 24.5 Å². The van der Waals surface area contributed by atoms with Gasteiger partial charge in [-0.2, -0.15) is 5.26 Å². The molecule has 0 saturated heterocycles. The topological polar surface area (TPSA) is 47.3 Å². The lowest BCUT2D eigenvalue weighted by Crippen LogP contribution is -2.75.